The van der Waals surface area contributed by atoms with E-state index in [1.54, 1.807) is 0 Å². The molecule has 130 valence electrons. The third-order valence-electron chi connectivity index (χ3n) is 1.90. The Morgan fingerprint density at radius 1 is 0.958 bits per heavy atom. The van der Waals surface area contributed by atoms with E-state index in [-0.39, 0.29) is 6.41 Å². The Labute approximate surface area is 134 Å². The zero-order valence-corrected chi connectivity index (χ0v) is 12.1. The van der Waals surface area contributed by atoms with Crippen molar-refractivity contribution in [2.24, 2.45) is 26.4 Å². The summed E-state index contributed by atoms with van der Waals surface area (Å²) in [5.41, 5.74) is 9.76. The summed E-state index contributed by atoms with van der Waals surface area (Å²) in [6.07, 6.45) is 0.434. The van der Waals surface area contributed by atoms with Crippen LogP contribution in [0.3, 0.4) is 0 Å². The summed E-state index contributed by atoms with van der Waals surface area (Å²) in [6, 6.07) is -1.97. The molecule has 0 saturated carbocycles. The summed E-state index contributed by atoms with van der Waals surface area (Å²) >= 11 is 0. The molecule has 0 spiro atoms. The van der Waals surface area contributed by atoms with E-state index in [0.29, 0.717) is 12.7 Å². The average Bonchev–Trinajstić information content (AvgIpc) is 2.47. The Bertz CT molecular complexity index is 571. The molecule has 0 aromatic rings. The van der Waals surface area contributed by atoms with Gasteiger partial charge in [0.05, 0.1) is 12.7 Å². The van der Waals surface area contributed by atoms with E-state index in [2.05, 4.69) is 25.6 Å². The molecule has 0 radical (unpaired) electrons. The average molecular weight is 341 g/mol. The molecular formula is C10H15N9O5. The van der Waals surface area contributed by atoms with Gasteiger partial charge in [0.15, 0.2) is 6.29 Å². The van der Waals surface area contributed by atoms with Crippen molar-refractivity contribution < 1.29 is 24.0 Å². The fraction of sp³-hybridized carbons (Fsp3) is 0.200. The molecule has 14 heteroatoms. The van der Waals surface area contributed by atoms with Crippen LogP contribution in [0.25, 0.3) is 0 Å². The van der Waals surface area contributed by atoms with Crippen LogP contribution in [-0.2, 0) is 14.4 Å². The lowest BCUT2D eigenvalue weighted by Crippen LogP contribution is -2.55. The normalized spacial score (nSPS) is 12.0. The molecular weight excluding hydrogens is 326 g/mol. The monoisotopic (exact) mass is 341 g/mol. The highest BCUT2D eigenvalue weighted by molar-refractivity contribution is 6.03. The fourth-order valence-electron chi connectivity index (χ4n) is 1.06. The van der Waals surface area contributed by atoms with E-state index in [1.807, 2.05) is 10.6 Å². The van der Waals surface area contributed by atoms with Gasteiger partial charge in [-0.15, -0.1) is 0 Å². The van der Waals surface area contributed by atoms with Crippen LogP contribution >= 0.6 is 0 Å². The van der Waals surface area contributed by atoms with Gasteiger partial charge < -0.3 is 22.1 Å². The summed E-state index contributed by atoms with van der Waals surface area (Å²) < 4.78 is 0. The molecule has 0 heterocycles. The Morgan fingerprint density at radius 3 is 2.08 bits per heavy atom. The zero-order valence-electron chi connectivity index (χ0n) is 12.1. The van der Waals surface area contributed by atoms with Crippen molar-refractivity contribution in [2.75, 3.05) is 0 Å². The van der Waals surface area contributed by atoms with Crippen molar-refractivity contribution in [3.63, 3.8) is 0 Å². The van der Waals surface area contributed by atoms with Gasteiger partial charge in [-0.05, 0) is 0 Å². The third-order valence-corrected chi connectivity index (χ3v) is 1.90. The van der Waals surface area contributed by atoms with Gasteiger partial charge in [0.25, 0.3) is 5.91 Å². The summed E-state index contributed by atoms with van der Waals surface area (Å²) in [4.78, 5) is 64.6. The van der Waals surface area contributed by atoms with Crippen molar-refractivity contribution in [3.8, 4) is 0 Å². The van der Waals surface area contributed by atoms with Crippen LogP contribution < -0.4 is 32.7 Å². The topological polar surface area (TPSA) is 223 Å². The van der Waals surface area contributed by atoms with Crippen LogP contribution in [0.2, 0.25) is 0 Å². The lowest BCUT2D eigenvalue weighted by Gasteiger charge is -2.16. The maximum atomic E-state index is 11.4. The molecule has 0 bridgehead atoms. The maximum Gasteiger partial charge on any atom is 0.345 e. The standard InChI is InChI=1S/C10H15N9O5/c11-2-13-6(21)1-7(22)15-4-16-10(24)19-8(17-5-20)18-9(23)14-3-12/h2-5,8H,1H2,(H,17,20)(H2,11,13,21)(H3,12,14,18,23)(H2,15,16,19,22,24). The summed E-state index contributed by atoms with van der Waals surface area (Å²) in [6.45, 7) is 0. The van der Waals surface area contributed by atoms with E-state index < -0.39 is 36.6 Å². The number of rotatable bonds is 7. The zero-order chi connectivity index (χ0) is 18.4. The molecule has 0 fully saturated rings. The Balaban J connectivity index is 4.41. The Kier molecular flexibility index (Phi) is 9.90. The second kappa shape index (κ2) is 11.8. The molecule has 24 heavy (non-hydrogen) atoms. The summed E-state index contributed by atoms with van der Waals surface area (Å²) in [7, 11) is 0. The lowest BCUT2D eigenvalue weighted by atomic mass is 10.4. The van der Waals surface area contributed by atoms with Gasteiger partial charge in [-0.25, -0.2) is 14.6 Å². The van der Waals surface area contributed by atoms with E-state index in [4.69, 9.17) is 11.5 Å². The molecule has 14 nitrogen and oxygen atoms in total. The number of carbonyl (C=O) groups excluding carboxylic acids is 5. The fourth-order valence-corrected chi connectivity index (χ4v) is 1.06. The van der Waals surface area contributed by atoms with E-state index in [0.717, 1.165) is 6.34 Å². The first-order chi connectivity index (χ1) is 11.4. The second-order valence-corrected chi connectivity index (χ2v) is 3.57. The first-order valence-corrected chi connectivity index (χ1v) is 6.06. The predicted octanol–water partition coefficient (Wildman–Crippen LogP) is -3.53. The molecule has 0 aromatic carbocycles. The maximum absolute atomic E-state index is 11.4. The van der Waals surface area contributed by atoms with Crippen LogP contribution in [0.5, 0.6) is 0 Å². The number of nitrogens with one attached hydrogen (secondary N) is 4. The van der Waals surface area contributed by atoms with Gasteiger partial charge in [0.1, 0.15) is 12.8 Å². The van der Waals surface area contributed by atoms with Gasteiger partial charge in [-0.3, -0.25) is 25.0 Å². The minimum absolute atomic E-state index is 0.201. The van der Waals surface area contributed by atoms with Crippen molar-refractivity contribution in [1.82, 2.24) is 21.3 Å². The van der Waals surface area contributed by atoms with Crippen molar-refractivity contribution in [2.45, 2.75) is 12.7 Å². The summed E-state index contributed by atoms with van der Waals surface area (Å²) in [5, 5.41) is 8.20. The lowest BCUT2D eigenvalue weighted by molar-refractivity contribution is -0.126. The molecule has 0 aromatic heterocycles. The van der Waals surface area contributed by atoms with Crippen molar-refractivity contribution in [1.29, 1.82) is 0 Å². The van der Waals surface area contributed by atoms with Crippen LogP contribution in [-0.4, -0.2) is 55.6 Å². The van der Waals surface area contributed by atoms with E-state index in [9.17, 15) is 24.0 Å². The number of hydrogen-bond donors (Lipinski definition) is 6. The first kappa shape index (κ1) is 20.2. The van der Waals surface area contributed by atoms with Gasteiger partial charge in [0, 0.05) is 0 Å². The van der Waals surface area contributed by atoms with Crippen LogP contribution in [0.1, 0.15) is 6.42 Å². The minimum atomic E-state index is -1.32. The number of carbonyl (C=O) groups is 5. The smallest absolute Gasteiger partial charge is 0.345 e. The number of aliphatic imine (C=N–C) groups is 3. The highest BCUT2D eigenvalue weighted by atomic mass is 16.2. The number of urea groups is 2. The van der Waals surface area contributed by atoms with Crippen LogP contribution in [0, 0.1) is 0 Å². The molecule has 0 aliphatic heterocycles. The SMILES string of the molecule is NC=NC(=O)CC(=O)NC=NC(=O)NC(NC=O)NC(=O)N=CN. The minimum Gasteiger partial charge on any atom is -0.390 e. The van der Waals surface area contributed by atoms with Crippen molar-refractivity contribution >= 4 is 49.3 Å². The Morgan fingerprint density at radius 2 is 1.54 bits per heavy atom. The molecule has 0 aliphatic rings. The molecule has 1 unspecified atom stereocenters. The van der Waals surface area contributed by atoms with Gasteiger partial charge >= 0.3 is 12.1 Å². The van der Waals surface area contributed by atoms with Crippen LogP contribution in [0.15, 0.2) is 15.0 Å². The van der Waals surface area contributed by atoms with E-state index in [1.165, 1.54) is 0 Å². The van der Waals surface area contributed by atoms with Gasteiger partial charge in [-0.1, -0.05) is 0 Å². The number of nitrogens with zero attached hydrogens (tertiary/aromatic N) is 3. The molecule has 8 N–H and O–H groups in total. The quantitative estimate of drug-likeness (QED) is 0.0898. The number of amides is 7. The predicted molar refractivity (Wildman–Crippen MR) is 81.7 cm³/mol. The first-order valence-electron chi connectivity index (χ1n) is 6.06. The number of hydrogen-bond acceptors (Lipinski definition) is 5. The highest BCUT2D eigenvalue weighted by Gasteiger charge is 2.12. The Hall–Kier alpha value is -3.84. The van der Waals surface area contributed by atoms with Crippen LogP contribution in [0.4, 0.5) is 9.59 Å². The number of nitrogens with two attached hydrogens (primary N) is 2. The molecule has 7 amide bonds. The molecule has 1 atom stereocenters. The molecule has 0 saturated heterocycles. The third kappa shape index (κ3) is 9.97. The van der Waals surface area contributed by atoms with E-state index >= 15 is 0 Å². The molecule has 0 rings (SSSR count). The van der Waals surface area contributed by atoms with Gasteiger partial charge in [0.2, 0.25) is 12.3 Å². The van der Waals surface area contributed by atoms with Gasteiger partial charge in [-0.2, -0.15) is 9.98 Å². The molecule has 0 aliphatic carbocycles. The van der Waals surface area contributed by atoms with Crippen molar-refractivity contribution in [3.05, 3.63) is 0 Å². The second-order valence-electron chi connectivity index (χ2n) is 3.57. The largest absolute Gasteiger partial charge is 0.390 e. The highest BCUT2D eigenvalue weighted by Crippen LogP contribution is 1.84. The summed E-state index contributed by atoms with van der Waals surface area (Å²) in [5.74, 6) is -1.57.